The van der Waals surface area contributed by atoms with Crippen LogP contribution in [0.4, 0.5) is 0 Å². The van der Waals surface area contributed by atoms with Crippen LogP contribution in [0.3, 0.4) is 0 Å². The van der Waals surface area contributed by atoms with Crippen molar-refractivity contribution in [2.75, 3.05) is 13.2 Å². The van der Waals surface area contributed by atoms with Crippen LogP contribution in [0, 0.1) is 5.92 Å². The minimum atomic E-state index is -0.116. The summed E-state index contributed by atoms with van der Waals surface area (Å²) in [5.41, 5.74) is 0. The van der Waals surface area contributed by atoms with Gasteiger partial charge in [0.15, 0.2) is 6.61 Å². The Balaban J connectivity index is 1.77. The maximum atomic E-state index is 11.8. The third-order valence-electron chi connectivity index (χ3n) is 3.60. The molecule has 4 heteroatoms. The van der Waals surface area contributed by atoms with E-state index in [2.05, 4.69) is 5.32 Å². The van der Waals surface area contributed by atoms with Crippen LogP contribution < -0.4 is 10.1 Å². The molecule has 104 valence electrons. The van der Waals surface area contributed by atoms with Gasteiger partial charge in [0.05, 0.1) is 0 Å². The van der Waals surface area contributed by atoms with Crippen molar-refractivity contribution < 1.29 is 14.6 Å². The highest BCUT2D eigenvalue weighted by molar-refractivity contribution is 5.77. The fraction of sp³-hybridized carbons (Fsp3) is 0.533. The van der Waals surface area contributed by atoms with Crippen molar-refractivity contribution in [3.05, 3.63) is 30.3 Å². The number of carbonyl (C=O) groups excluding carboxylic acids is 1. The van der Waals surface area contributed by atoms with E-state index in [0.717, 1.165) is 25.7 Å². The number of hydrogen-bond acceptors (Lipinski definition) is 3. The molecule has 2 unspecified atom stereocenters. The first-order valence-corrected chi connectivity index (χ1v) is 6.87. The smallest absolute Gasteiger partial charge is 0.258 e. The number of carbonyl (C=O) groups is 1. The Hall–Kier alpha value is -1.55. The Labute approximate surface area is 113 Å². The van der Waals surface area contributed by atoms with E-state index in [0.29, 0.717) is 5.75 Å². The second-order valence-corrected chi connectivity index (χ2v) is 5.00. The monoisotopic (exact) mass is 263 g/mol. The molecule has 1 saturated carbocycles. The van der Waals surface area contributed by atoms with E-state index >= 15 is 0 Å². The summed E-state index contributed by atoms with van der Waals surface area (Å²) in [4.78, 5) is 11.8. The maximum absolute atomic E-state index is 11.8. The van der Waals surface area contributed by atoms with Gasteiger partial charge in [-0.25, -0.2) is 0 Å². The SMILES string of the molecule is O=C(COc1ccccc1)NC1CCCCC1CO. The number of aliphatic hydroxyl groups is 1. The summed E-state index contributed by atoms with van der Waals surface area (Å²) >= 11 is 0. The van der Waals surface area contributed by atoms with E-state index in [1.165, 1.54) is 0 Å². The zero-order valence-corrected chi connectivity index (χ0v) is 11.0. The molecule has 1 aliphatic carbocycles. The Morgan fingerprint density at radius 3 is 2.74 bits per heavy atom. The number of amides is 1. The molecule has 1 amide bonds. The highest BCUT2D eigenvalue weighted by atomic mass is 16.5. The van der Waals surface area contributed by atoms with Crippen molar-refractivity contribution in [3.63, 3.8) is 0 Å². The normalized spacial score (nSPS) is 22.8. The van der Waals surface area contributed by atoms with Gasteiger partial charge in [0, 0.05) is 18.6 Å². The van der Waals surface area contributed by atoms with Crippen LogP contribution >= 0.6 is 0 Å². The van der Waals surface area contributed by atoms with Crippen molar-refractivity contribution >= 4 is 5.91 Å². The summed E-state index contributed by atoms with van der Waals surface area (Å²) in [7, 11) is 0. The molecule has 1 fully saturated rings. The van der Waals surface area contributed by atoms with Crippen LogP contribution in [0.15, 0.2) is 30.3 Å². The molecule has 0 saturated heterocycles. The first-order valence-electron chi connectivity index (χ1n) is 6.87. The number of aliphatic hydroxyl groups excluding tert-OH is 1. The van der Waals surface area contributed by atoms with Gasteiger partial charge in [-0.15, -0.1) is 0 Å². The molecule has 0 radical (unpaired) electrons. The molecule has 2 rings (SSSR count). The minimum absolute atomic E-state index is 0.0265. The Kier molecular flexibility index (Phi) is 5.21. The zero-order valence-electron chi connectivity index (χ0n) is 11.0. The van der Waals surface area contributed by atoms with Gasteiger partial charge in [-0.1, -0.05) is 31.0 Å². The summed E-state index contributed by atoms with van der Waals surface area (Å²) in [6.07, 6.45) is 4.18. The fourth-order valence-corrected chi connectivity index (χ4v) is 2.53. The lowest BCUT2D eigenvalue weighted by Gasteiger charge is -2.30. The summed E-state index contributed by atoms with van der Waals surface area (Å²) < 4.78 is 5.40. The van der Waals surface area contributed by atoms with E-state index in [1.807, 2.05) is 30.3 Å². The minimum Gasteiger partial charge on any atom is -0.484 e. The number of hydrogen-bond donors (Lipinski definition) is 2. The number of benzene rings is 1. The standard InChI is InChI=1S/C15H21NO3/c17-10-12-6-4-5-9-14(12)16-15(18)11-19-13-7-2-1-3-8-13/h1-3,7-8,12,14,17H,4-6,9-11H2,(H,16,18). The van der Waals surface area contributed by atoms with E-state index in [1.54, 1.807) is 0 Å². The number of rotatable bonds is 5. The second-order valence-electron chi connectivity index (χ2n) is 5.00. The fourth-order valence-electron chi connectivity index (χ4n) is 2.53. The number of para-hydroxylation sites is 1. The van der Waals surface area contributed by atoms with Crippen LogP contribution in [0.1, 0.15) is 25.7 Å². The summed E-state index contributed by atoms with van der Waals surface area (Å²) in [5.74, 6) is 0.767. The Morgan fingerprint density at radius 2 is 2.00 bits per heavy atom. The van der Waals surface area contributed by atoms with Gasteiger partial charge < -0.3 is 15.2 Å². The van der Waals surface area contributed by atoms with Crippen molar-refractivity contribution in [1.82, 2.24) is 5.32 Å². The van der Waals surface area contributed by atoms with Crippen molar-refractivity contribution in [1.29, 1.82) is 0 Å². The van der Waals surface area contributed by atoms with Gasteiger partial charge in [-0.05, 0) is 25.0 Å². The predicted octanol–water partition coefficient (Wildman–Crippen LogP) is 1.73. The first kappa shape index (κ1) is 13.9. The number of nitrogens with one attached hydrogen (secondary N) is 1. The molecule has 19 heavy (non-hydrogen) atoms. The summed E-state index contributed by atoms with van der Waals surface area (Å²) in [5, 5.41) is 12.3. The molecule has 0 spiro atoms. The van der Waals surface area contributed by atoms with Crippen LogP contribution in [-0.4, -0.2) is 30.3 Å². The van der Waals surface area contributed by atoms with Gasteiger partial charge in [-0.2, -0.15) is 0 Å². The molecule has 1 aliphatic rings. The topological polar surface area (TPSA) is 58.6 Å². The first-order chi connectivity index (χ1) is 9.29. The molecule has 0 aromatic heterocycles. The maximum Gasteiger partial charge on any atom is 0.258 e. The van der Waals surface area contributed by atoms with Gasteiger partial charge in [0.1, 0.15) is 5.75 Å². The molecule has 0 aliphatic heterocycles. The Morgan fingerprint density at radius 1 is 1.26 bits per heavy atom. The average Bonchev–Trinajstić information content (AvgIpc) is 2.47. The van der Waals surface area contributed by atoms with Gasteiger partial charge in [0.25, 0.3) is 5.91 Å². The van der Waals surface area contributed by atoms with E-state index in [9.17, 15) is 9.90 Å². The summed E-state index contributed by atoms with van der Waals surface area (Å²) in [6.45, 7) is 0.170. The highest BCUT2D eigenvalue weighted by Gasteiger charge is 2.25. The lowest BCUT2D eigenvalue weighted by Crippen LogP contribution is -2.45. The highest BCUT2D eigenvalue weighted by Crippen LogP contribution is 2.23. The van der Waals surface area contributed by atoms with E-state index < -0.39 is 0 Å². The van der Waals surface area contributed by atoms with Crippen LogP contribution in [0.5, 0.6) is 5.75 Å². The van der Waals surface area contributed by atoms with Crippen molar-refractivity contribution in [2.45, 2.75) is 31.7 Å². The molecule has 1 aromatic rings. The number of ether oxygens (including phenoxy) is 1. The second kappa shape index (κ2) is 7.14. The molecule has 0 heterocycles. The van der Waals surface area contributed by atoms with Crippen LogP contribution in [0.2, 0.25) is 0 Å². The van der Waals surface area contributed by atoms with E-state index in [4.69, 9.17) is 4.74 Å². The molecule has 4 nitrogen and oxygen atoms in total. The van der Waals surface area contributed by atoms with Gasteiger partial charge >= 0.3 is 0 Å². The molecular weight excluding hydrogens is 242 g/mol. The van der Waals surface area contributed by atoms with Crippen LogP contribution in [0.25, 0.3) is 0 Å². The third kappa shape index (κ3) is 4.24. The third-order valence-corrected chi connectivity index (χ3v) is 3.60. The molecule has 0 bridgehead atoms. The molecule has 1 aromatic carbocycles. The predicted molar refractivity (Wildman–Crippen MR) is 72.9 cm³/mol. The van der Waals surface area contributed by atoms with Crippen molar-refractivity contribution in [2.24, 2.45) is 5.92 Å². The average molecular weight is 263 g/mol. The summed E-state index contributed by atoms with van der Waals surface area (Å²) in [6, 6.07) is 9.38. The Bertz CT molecular complexity index is 394. The van der Waals surface area contributed by atoms with Crippen LogP contribution in [-0.2, 0) is 4.79 Å². The van der Waals surface area contributed by atoms with E-state index in [-0.39, 0.29) is 31.1 Å². The lowest BCUT2D eigenvalue weighted by atomic mass is 9.85. The largest absolute Gasteiger partial charge is 0.484 e. The quantitative estimate of drug-likeness (QED) is 0.850. The van der Waals surface area contributed by atoms with Crippen molar-refractivity contribution in [3.8, 4) is 5.75 Å². The molecule has 2 atom stereocenters. The lowest BCUT2D eigenvalue weighted by molar-refractivity contribution is -0.124. The molecular formula is C15H21NO3. The molecule has 2 N–H and O–H groups in total. The van der Waals surface area contributed by atoms with Gasteiger partial charge in [-0.3, -0.25) is 4.79 Å². The zero-order chi connectivity index (χ0) is 13.5. The van der Waals surface area contributed by atoms with Gasteiger partial charge in [0.2, 0.25) is 0 Å².